The number of aromatic amines is 1. The highest BCUT2D eigenvalue weighted by Crippen LogP contribution is 2.31. The molecule has 0 spiro atoms. The molecule has 1 aliphatic carbocycles. The molecule has 9 heteroatoms. The minimum Gasteiger partial charge on any atom is -0.462 e. The average Bonchev–Trinajstić information content (AvgIpc) is 3.37. The molecule has 1 aromatic rings. The second-order valence-corrected chi connectivity index (χ2v) is 9.16. The van der Waals surface area contributed by atoms with E-state index in [1.165, 1.54) is 4.31 Å². The molecule has 0 aromatic carbocycles. The number of piperidine rings is 1. The summed E-state index contributed by atoms with van der Waals surface area (Å²) in [5.74, 6) is -1.09. The van der Waals surface area contributed by atoms with Gasteiger partial charge in [-0.15, -0.1) is 0 Å². The molecule has 27 heavy (non-hydrogen) atoms. The SMILES string of the molecule is CCOC(=O)c1c(C)[nH]c(C)c1S(=O)(=O)N1CCC[C@H](C(=O)NC2CC2)C1. The zero-order chi connectivity index (χ0) is 19.8. The zero-order valence-electron chi connectivity index (χ0n) is 16.0. The second-order valence-electron chi connectivity index (χ2n) is 7.28. The molecule has 0 unspecified atom stereocenters. The van der Waals surface area contributed by atoms with Crippen LogP contribution in [0.25, 0.3) is 0 Å². The van der Waals surface area contributed by atoms with Crippen LogP contribution in [-0.4, -0.2) is 55.3 Å². The number of aromatic nitrogens is 1. The van der Waals surface area contributed by atoms with Gasteiger partial charge in [0.2, 0.25) is 15.9 Å². The molecule has 2 heterocycles. The molecule has 2 fully saturated rings. The summed E-state index contributed by atoms with van der Waals surface area (Å²) in [7, 11) is -3.92. The van der Waals surface area contributed by atoms with Crippen molar-refractivity contribution >= 4 is 21.9 Å². The van der Waals surface area contributed by atoms with Crippen molar-refractivity contribution in [2.45, 2.75) is 57.4 Å². The summed E-state index contributed by atoms with van der Waals surface area (Å²) in [6, 6.07) is 0.245. The lowest BCUT2D eigenvalue weighted by atomic mass is 9.99. The van der Waals surface area contributed by atoms with Crippen LogP contribution in [0.5, 0.6) is 0 Å². The number of amides is 1. The summed E-state index contributed by atoms with van der Waals surface area (Å²) in [5, 5.41) is 2.96. The lowest BCUT2D eigenvalue weighted by Gasteiger charge is -2.31. The number of rotatable bonds is 6. The molecule has 1 aromatic heterocycles. The van der Waals surface area contributed by atoms with Gasteiger partial charge in [0.25, 0.3) is 0 Å². The van der Waals surface area contributed by atoms with Crippen molar-refractivity contribution in [2.24, 2.45) is 5.92 Å². The Morgan fingerprint density at radius 3 is 2.56 bits per heavy atom. The van der Waals surface area contributed by atoms with E-state index in [9.17, 15) is 18.0 Å². The second kappa shape index (κ2) is 7.63. The van der Waals surface area contributed by atoms with Crippen molar-refractivity contribution in [3.8, 4) is 0 Å². The van der Waals surface area contributed by atoms with Gasteiger partial charge >= 0.3 is 5.97 Å². The number of H-pyrrole nitrogens is 1. The first-order valence-electron chi connectivity index (χ1n) is 9.42. The number of esters is 1. The predicted octanol–water partition coefficient (Wildman–Crippen LogP) is 1.49. The van der Waals surface area contributed by atoms with Gasteiger partial charge in [0.15, 0.2) is 0 Å². The van der Waals surface area contributed by atoms with Crippen LogP contribution in [0, 0.1) is 19.8 Å². The maximum absolute atomic E-state index is 13.3. The molecule has 1 atom stereocenters. The third-order valence-corrected chi connectivity index (χ3v) is 7.11. The topological polar surface area (TPSA) is 109 Å². The summed E-state index contributed by atoms with van der Waals surface area (Å²) in [6.07, 6.45) is 3.26. The zero-order valence-corrected chi connectivity index (χ0v) is 16.8. The van der Waals surface area contributed by atoms with E-state index in [-0.39, 0.29) is 41.5 Å². The molecule has 3 rings (SSSR count). The number of ether oxygens (including phenoxy) is 1. The Kier molecular flexibility index (Phi) is 5.62. The smallest absolute Gasteiger partial charge is 0.341 e. The standard InChI is InChI=1S/C18H27N3O5S/c1-4-26-18(23)15-11(2)19-12(3)16(15)27(24,25)21-9-5-6-13(10-21)17(22)20-14-7-8-14/h13-14,19H,4-10H2,1-3H3,(H,20,22)/t13-/m0/s1. The lowest BCUT2D eigenvalue weighted by molar-refractivity contribution is -0.126. The highest BCUT2D eigenvalue weighted by molar-refractivity contribution is 7.89. The Balaban J connectivity index is 1.87. The van der Waals surface area contributed by atoms with Crippen molar-refractivity contribution in [2.75, 3.05) is 19.7 Å². The third-order valence-electron chi connectivity index (χ3n) is 5.07. The summed E-state index contributed by atoms with van der Waals surface area (Å²) < 4.78 is 33.0. The van der Waals surface area contributed by atoms with Gasteiger partial charge in [0, 0.05) is 30.5 Å². The van der Waals surface area contributed by atoms with Crippen LogP contribution < -0.4 is 5.32 Å². The number of hydrogen-bond donors (Lipinski definition) is 2. The van der Waals surface area contributed by atoms with Gasteiger partial charge in [-0.3, -0.25) is 4.79 Å². The maximum Gasteiger partial charge on any atom is 0.341 e. The Hall–Kier alpha value is -1.87. The predicted molar refractivity (Wildman–Crippen MR) is 98.9 cm³/mol. The molecule has 0 bridgehead atoms. The van der Waals surface area contributed by atoms with E-state index >= 15 is 0 Å². The highest BCUT2D eigenvalue weighted by Gasteiger charge is 2.39. The van der Waals surface area contributed by atoms with Crippen LogP contribution in [-0.2, 0) is 19.6 Å². The van der Waals surface area contributed by atoms with Gasteiger partial charge in [-0.1, -0.05) is 0 Å². The highest BCUT2D eigenvalue weighted by atomic mass is 32.2. The fourth-order valence-electron chi connectivity index (χ4n) is 3.58. The molecule has 1 saturated heterocycles. The van der Waals surface area contributed by atoms with Gasteiger partial charge in [0.05, 0.1) is 12.5 Å². The number of nitrogens with one attached hydrogen (secondary N) is 2. The summed E-state index contributed by atoms with van der Waals surface area (Å²) in [6.45, 7) is 5.59. The van der Waals surface area contributed by atoms with Crippen LogP contribution in [0.3, 0.4) is 0 Å². The molecule has 0 radical (unpaired) electrons. The molecule has 1 aliphatic heterocycles. The summed E-state index contributed by atoms with van der Waals surface area (Å²) in [4.78, 5) is 27.6. The normalized spacial score (nSPS) is 21.1. The Morgan fingerprint density at radius 1 is 1.22 bits per heavy atom. The van der Waals surface area contributed by atoms with E-state index in [0.717, 1.165) is 12.8 Å². The van der Waals surface area contributed by atoms with Crippen LogP contribution in [0.15, 0.2) is 4.90 Å². The van der Waals surface area contributed by atoms with E-state index in [1.807, 2.05) is 0 Å². The number of aryl methyl sites for hydroxylation is 2. The number of nitrogens with zero attached hydrogens (tertiary/aromatic N) is 1. The Labute approximate surface area is 159 Å². The molecule has 2 N–H and O–H groups in total. The third kappa shape index (κ3) is 4.03. The number of hydrogen-bond acceptors (Lipinski definition) is 5. The van der Waals surface area contributed by atoms with Crippen molar-refractivity contribution < 1.29 is 22.7 Å². The minimum absolute atomic E-state index is 0.0401. The minimum atomic E-state index is -3.92. The fourth-order valence-corrected chi connectivity index (χ4v) is 5.52. The van der Waals surface area contributed by atoms with Gasteiger partial charge < -0.3 is 15.0 Å². The summed E-state index contributed by atoms with van der Waals surface area (Å²) in [5.41, 5.74) is 0.920. The molecule has 150 valence electrons. The first-order chi connectivity index (χ1) is 12.8. The molecular weight excluding hydrogens is 370 g/mol. The molecular formula is C18H27N3O5S. The first kappa shape index (κ1) is 19.9. The van der Waals surface area contributed by atoms with Crippen molar-refractivity contribution in [3.05, 3.63) is 17.0 Å². The van der Waals surface area contributed by atoms with Gasteiger partial charge in [0.1, 0.15) is 10.5 Å². The Bertz CT molecular complexity index is 841. The van der Waals surface area contributed by atoms with Gasteiger partial charge in [-0.2, -0.15) is 4.31 Å². The maximum atomic E-state index is 13.3. The number of sulfonamides is 1. The van der Waals surface area contributed by atoms with E-state index in [4.69, 9.17) is 4.74 Å². The quantitative estimate of drug-likeness (QED) is 0.707. The molecule has 8 nitrogen and oxygen atoms in total. The van der Waals surface area contributed by atoms with Gasteiger partial charge in [-0.05, 0) is 46.5 Å². The number of carbonyl (C=O) groups excluding carboxylic acids is 2. The molecule has 1 saturated carbocycles. The van der Waals surface area contributed by atoms with Crippen LogP contribution >= 0.6 is 0 Å². The van der Waals surface area contributed by atoms with Crippen molar-refractivity contribution in [1.82, 2.24) is 14.6 Å². The van der Waals surface area contributed by atoms with E-state index in [2.05, 4.69) is 10.3 Å². The van der Waals surface area contributed by atoms with Crippen molar-refractivity contribution in [3.63, 3.8) is 0 Å². The van der Waals surface area contributed by atoms with E-state index < -0.39 is 16.0 Å². The van der Waals surface area contributed by atoms with Crippen LogP contribution in [0.4, 0.5) is 0 Å². The molecule has 2 aliphatic rings. The van der Waals surface area contributed by atoms with Crippen LogP contribution in [0.2, 0.25) is 0 Å². The number of carbonyl (C=O) groups is 2. The fraction of sp³-hybridized carbons (Fsp3) is 0.667. The summed E-state index contributed by atoms with van der Waals surface area (Å²) >= 11 is 0. The monoisotopic (exact) mass is 397 g/mol. The van der Waals surface area contributed by atoms with E-state index in [0.29, 0.717) is 30.8 Å². The van der Waals surface area contributed by atoms with Gasteiger partial charge in [-0.25, -0.2) is 13.2 Å². The Morgan fingerprint density at radius 2 is 1.93 bits per heavy atom. The molecule has 1 amide bonds. The lowest BCUT2D eigenvalue weighted by Crippen LogP contribution is -2.46. The average molecular weight is 397 g/mol. The first-order valence-corrected chi connectivity index (χ1v) is 10.9. The van der Waals surface area contributed by atoms with E-state index in [1.54, 1.807) is 20.8 Å². The largest absolute Gasteiger partial charge is 0.462 e. The van der Waals surface area contributed by atoms with Crippen molar-refractivity contribution in [1.29, 1.82) is 0 Å². The van der Waals surface area contributed by atoms with Crippen LogP contribution in [0.1, 0.15) is 54.4 Å².